The standard InChI is InChI=1S/C17H18FNO6S/c1-23-15-9-8-12(10-16(15)24-2)26(21,22)19(11-17(20)25-3)14-7-5-4-6-13(14)18/h4-10H,11H2,1-3H3. The Kier molecular flexibility index (Phi) is 6.04. The number of carbonyl (C=O) groups excluding carboxylic acids is 1. The van der Waals surface area contributed by atoms with Crippen LogP contribution in [0.3, 0.4) is 0 Å². The van der Waals surface area contributed by atoms with Gasteiger partial charge in [0.25, 0.3) is 10.0 Å². The van der Waals surface area contributed by atoms with Crippen molar-refractivity contribution in [2.75, 3.05) is 32.2 Å². The molecule has 0 unspecified atom stereocenters. The van der Waals surface area contributed by atoms with E-state index in [9.17, 15) is 17.6 Å². The highest BCUT2D eigenvalue weighted by Gasteiger charge is 2.30. The van der Waals surface area contributed by atoms with E-state index in [4.69, 9.17) is 9.47 Å². The number of benzene rings is 2. The number of ether oxygens (including phenoxy) is 3. The van der Waals surface area contributed by atoms with Gasteiger partial charge in [0.1, 0.15) is 12.4 Å². The number of para-hydroxylation sites is 1. The first-order chi connectivity index (χ1) is 12.3. The molecule has 0 aliphatic carbocycles. The van der Waals surface area contributed by atoms with Crippen LogP contribution < -0.4 is 13.8 Å². The Morgan fingerprint density at radius 1 is 1.04 bits per heavy atom. The third-order valence-electron chi connectivity index (χ3n) is 3.56. The topological polar surface area (TPSA) is 82.1 Å². The lowest BCUT2D eigenvalue weighted by Gasteiger charge is -2.24. The molecule has 140 valence electrons. The summed E-state index contributed by atoms with van der Waals surface area (Å²) >= 11 is 0. The molecule has 7 nitrogen and oxygen atoms in total. The van der Waals surface area contributed by atoms with E-state index < -0.39 is 28.4 Å². The zero-order valence-corrected chi connectivity index (χ0v) is 15.2. The van der Waals surface area contributed by atoms with Crippen LogP contribution >= 0.6 is 0 Å². The lowest BCUT2D eigenvalue weighted by Crippen LogP contribution is -2.37. The molecular weight excluding hydrogens is 365 g/mol. The molecule has 2 aromatic rings. The van der Waals surface area contributed by atoms with Crippen LogP contribution in [-0.2, 0) is 19.6 Å². The normalized spacial score (nSPS) is 10.9. The highest BCUT2D eigenvalue weighted by atomic mass is 32.2. The smallest absolute Gasteiger partial charge is 0.326 e. The fourth-order valence-corrected chi connectivity index (χ4v) is 3.67. The van der Waals surface area contributed by atoms with Crippen LogP contribution in [0.15, 0.2) is 47.4 Å². The number of carbonyl (C=O) groups is 1. The number of sulfonamides is 1. The molecule has 26 heavy (non-hydrogen) atoms. The van der Waals surface area contributed by atoms with E-state index in [2.05, 4.69) is 4.74 Å². The average Bonchev–Trinajstić information content (AvgIpc) is 2.65. The number of rotatable bonds is 7. The minimum Gasteiger partial charge on any atom is -0.493 e. The van der Waals surface area contributed by atoms with Crippen molar-refractivity contribution >= 4 is 21.7 Å². The van der Waals surface area contributed by atoms with Gasteiger partial charge in [0.15, 0.2) is 11.5 Å². The van der Waals surface area contributed by atoms with Crippen LogP contribution in [0.25, 0.3) is 0 Å². The molecule has 0 atom stereocenters. The second-order valence-electron chi connectivity index (χ2n) is 5.06. The van der Waals surface area contributed by atoms with Crippen molar-refractivity contribution in [1.82, 2.24) is 0 Å². The van der Waals surface area contributed by atoms with Gasteiger partial charge in [-0.2, -0.15) is 0 Å². The molecule has 0 aliphatic rings. The highest BCUT2D eigenvalue weighted by Crippen LogP contribution is 2.32. The van der Waals surface area contributed by atoms with Crippen LogP contribution in [0.5, 0.6) is 11.5 Å². The van der Waals surface area contributed by atoms with Crippen molar-refractivity contribution in [1.29, 1.82) is 0 Å². The first-order valence-electron chi connectivity index (χ1n) is 7.41. The van der Waals surface area contributed by atoms with E-state index in [0.29, 0.717) is 10.1 Å². The van der Waals surface area contributed by atoms with Gasteiger partial charge in [0.2, 0.25) is 0 Å². The van der Waals surface area contributed by atoms with Crippen molar-refractivity contribution in [3.63, 3.8) is 0 Å². The molecule has 0 fully saturated rings. The summed E-state index contributed by atoms with van der Waals surface area (Å²) in [4.78, 5) is 11.5. The lowest BCUT2D eigenvalue weighted by atomic mass is 10.3. The van der Waals surface area contributed by atoms with Gasteiger partial charge in [-0.05, 0) is 24.3 Å². The van der Waals surface area contributed by atoms with Crippen molar-refractivity contribution < 1.29 is 31.8 Å². The molecule has 0 saturated heterocycles. The molecule has 0 aliphatic heterocycles. The Bertz CT molecular complexity index is 900. The molecule has 0 radical (unpaired) electrons. The van der Waals surface area contributed by atoms with Crippen LogP contribution in [0, 0.1) is 5.82 Å². The first-order valence-corrected chi connectivity index (χ1v) is 8.85. The molecule has 0 N–H and O–H groups in total. The van der Waals surface area contributed by atoms with Crippen LogP contribution in [0.4, 0.5) is 10.1 Å². The second kappa shape index (κ2) is 8.05. The van der Waals surface area contributed by atoms with Gasteiger partial charge in [-0.15, -0.1) is 0 Å². The van der Waals surface area contributed by atoms with Gasteiger partial charge in [0, 0.05) is 6.07 Å². The number of halogens is 1. The van der Waals surface area contributed by atoms with E-state index in [1.807, 2.05) is 0 Å². The molecule has 2 rings (SSSR count). The number of hydrogen-bond acceptors (Lipinski definition) is 6. The lowest BCUT2D eigenvalue weighted by molar-refractivity contribution is -0.138. The number of methoxy groups -OCH3 is 3. The van der Waals surface area contributed by atoms with Gasteiger partial charge >= 0.3 is 5.97 Å². The Balaban J connectivity index is 2.59. The van der Waals surface area contributed by atoms with Crippen molar-refractivity contribution in [2.45, 2.75) is 4.90 Å². The second-order valence-corrected chi connectivity index (χ2v) is 6.92. The molecular formula is C17H18FNO6S. The minimum atomic E-state index is -4.28. The van der Waals surface area contributed by atoms with Crippen LogP contribution in [0.2, 0.25) is 0 Å². The summed E-state index contributed by atoms with van der Waals surface area (Å²) in [6.07, 6.45) is 0. The van der Waals surface area contributed by atoms with Crippen molar-refractivity contribution in [3.05, 3.63) is 48.3 Å². The maximum atomic E-state index is 14.2. The average molecular weight is 383 g/mol. The van der Waals surface area contributed by atoms with Crippen LogP contribution in [0.1, 0.15) is 0 Å². The fourth-order valence-electron chi connectivity index (χ4n) is 2.24. The SMILES string of the molecule is COC(=O)CN(c1ccccc1F)S(=O)(=O)c1ccc(OC)c(OC)c1. The van der Waals surface area contributed by atoms with Crippen molar-refractivity contribution in [3.8, 4) is 11.5 Å². The maximum absolute atomic E-state index is 14.2. The third-order valence-corrected chi connectivity index (χ3v) is 5.32. The maximum Gasteiger partial charge on any atom is 0.326 e. The van der Waals surface area contributed by atoms with Gasteiger partial charge in [0.05, 0.1) is 31.9 Å². The number of hydrogen-bond donors (Lipinski definition) is 0. The summed E-state index contributed by atoms with van der Waals surface area (Å²) in [5.41, 5.74) is -0.271. The Morgan fingerprint density at radius 2 is 1.69 bits per heavy atom. The number of nitrogens with zero attached hydrogens (tertiary/aromatic N) is 1. The van der Waals surface area contributed by atoms with Gasteiger partial charge in [-0.25, -0.2) is 12.8 Å². The zero-order chi connectivity index (χ0) is 19.3. The van der Waals surface area contributed by atoms with Gasteiger partial charge in [-0.1, -0.05) is 12.1 Å². The molecule has 0 heterocycles. The van der Waals surface area contributed by atoms with Gasteiger partial charge < -0.3 is 14.2 Å². The van der Waals surface area contributed by atoms with E-state index >= 15 is 0 Å². The van der Waals surface area contributed by atoms with E-state index in [1.54, 1.807) is 0 Å². The Hall–Kier alpha value is -2.81. The molecule has 9 heteroatoms. The van der Waals surface area contributed by atoms with Crippen LogP contribution in [-0.4, -0.2) is 42.3 Å². The predicted molar refractivity (Wildman–Crippen MR) is 92.5 cm³/mol. The van der Waals surface area contributed by atoms with Crippen molar-refractivity contribution in [2.24, 2.45) is 0 Å². The van der Waals surface area contributed by atoms with E-state index in [1.165, 1.54) is 50.6 Å². The fraction of sp³-hybridized carbons (Fsp3) is 0.235. The molecule has 0 bridgehead atoms. The summed E-state index contributed by atoms with van der Waals surface area (Å²) in [5, 5.41) is 0. The Labute approximate surface area is 151 Å². The first kappa shape index (κ1) is 19.5. The molecule has 2 aromatic carbocycles. The highest BCUT2D eigenvalue weighted by molar-refractivity contribution is 7.92. The minimum absolute atomic E-state index is 0.181. The molecule has 0 spiro atoms. The molecule has 0 aromatic heterocycles. The van der Waals surface area contributed by atoms with Gasteiger partial charge in [-0.3, -0.25) is 9.10 Å². The number of esters is 1. The summed E-state index contributed by atoms with van der Waals surface area (Å²) < 4.78 is 55.7. The summed E-state index contributed by atoms with van der Waals surface area (Å²) in [5.74, 6) is -1.12. The van der Waals surface area contributed by atoms with E-state index in [0.717, 1.165) is 13.2 Å². The monoisotopic (exact) mass is 383 g/mol. The zero-order valence-electron chi connectivity index (χ0n) is 14.4. The summed E-state index contributed by atoms with van der Waals surface area (Å²) in [7, 11) is -0.396. The molecule has 0 amide bonds. The number of anilines is 1. The summed E-state index contributed by atoms with van der Waals surface area (Å²) in [6.45, 7) is -0.686. The molecule has 0 saturated carbocycles. The summed E-state index contributed by atoms with van der Waals surface area (Å²) in [6, 6.07) is 9.16. The Morgan fingerprint density at radius 3 is 2.27 bits per heavy atom. The predicted octanol–water partition coefficient (Wildman–Crippen LogP) is 2.21. The van der Waals surface area contributed by atoms with E-state index in [-0.39, 0.29) is 16.3 Å². The quantitative estimate of drug-likeness (QED) is 0.682. The largest absolute Gasteiger partial charge is 0.493 e. The third kappa shape index (κ3) is 3.88.